The summed E-state index contributed by atoms with van der Waals surface area (Å²) in [5.41, 5.74) is -0.491. The van der Waals surface area contributed by atoms with Gasteiger partial charge < -0.3 is 9.47 Å². The van der Waals surface area contributed by atoms with Crippen molar-refractivity contribution in [3.8, 4) is 0 Å². The van der Waals surface area contributed by atoms with E-state index in [9.17, 15) is 9.59 Å². The van der Waals surface area contributed by atoms with E-state index in [1.807, 2.05) is 6.92 Å². The van der Waals surface area contributed by atoms with Gasteiger partial charge in [0, 0.05) is 24.2 Å². The van der Waals surface area contributed by atoms with Gasteiger partial charge in [-0.05, 0) is 18.8 Å². The number of carbonyl (C=O) groups is 2. The van der Waals surface area contributed by atoms with E-state index in [0.717, 1.165) is 12.8 Å². The summed E-state index contributed by atoms with van der Waals surface area (Å²) in [6, 6.07) is 0. The van der Waals surface area contributed by atoms with Crippen LogP contribution < -0.4 is 0 Å². The fourth-order valence-corrected chi connectivity index (χ4v) is 4.15. The van der Waals surface area contributed by atoms with Crippen LogP contribution in [0.2, 0.25) is 0 Å². The van der Waals surface area contributed by atoms with Crippen molar-refractivity contribution in [3.63, 3.8) is 0 Å². The number of ether oxygens (including phenoxy) is 2. The molecule has 1 aliphatic heterocycles. The first-order valence-corrected chi connectivity index (χ1v) is 6.85. The minimum Gasteiger partial charge on any atom is -0.347 e. The average molecular weight is 252 g/mol. The van der Waals surface area contributed by atoms with Gasteiger partial charge in [-0.25, -0.2) is 0 Å². The predicted octanol–water partition coefficient (Wildman–Crippen LogP) is 1.71. The van der Waals surface area contributed by atoms with Gasteiger partial charge >= 0.3 is 0 Å². The highest BCUT2D eigenvalue weighted by molar-refractivity contribution is 6.39. The van der Waals surface area contributed by atoms with Crippen LogP contribution in [0.25, 0.3) is 0 Å². The van der Waals surface area contributed by atoms with E-state index >= 15 is 0 Å². The van der Waals surface area contributed by atoms with Crippen LogP contribution in [0, 0.1) is 17.3 Å². The molecule has 100 valence electrons. The molecule has 1 heterocycles. The Kier molecular flexibility index (Phi) is 2.65. The van der Waals surface area contributed by atoms with Crippen molar-refractivity contribution < 1.29 is 19.1 Å². The van der Waals surface area contributed by atoms with Crippen LogP contribution in [-0.4, -0.2) is 30.6 Å². The first-order chi connectivity index (χ1) is 8.50. The lowest BCUT2D eigenvalue weighted by Crippen LogP contribution is -2.57. The summed E-state index contributed by atoms with van der Waals surface area (Å²) in [4.78, 5) is 23.9. The molecule has 3 atom stereocenters. The summed E-state index contributed by atoms with van der Waals surface area (Å²) >= 11 is 0. The molecule has 3 aliphatic rings. The molecule has 1 saturated heterocycles. The second-order valence-electron chi connectivity index (χ2n) is 6.11. The minimum atomic E-state index is -0.495. The maximum atomic E-state index is 12.2. The van der Waals surface area contributed by atoms with Crippen LogP contribution in [0.5, 0.6) is 0 Å². The molecule has 0 radical (unpaired) electrons. The van der Waals surface area contributed by atoms with E-state index < -0.39 is 11.2 Å². The van der Waals surface area contributed by atoms with Crippen molar-refractivity contribution in [1.29, 1.82) is 0 Å². The summed E-state index contributed by atoms with van der Waals surface area (Å²) in [5, 5.41) is 0. The Morgan fingerprint density at radius 3 is 2.50 bits per heavy atom. The van der Waals surface area contributed by atoms with Crippen LogP contribution in [0.4, 0.5) is 0 Å². The van der Waals surface area contributed by atoms with Gasteiger partial charge in [-0.3, -0.25) is 9.59 Å². The molecular weight excluding hydrogens is 232 g/mol. The van der Waals surface area contributed by atoms with Gasteiger partial charge in [0.15, 0.2) is 11.6 Å². The Hall–Kier alpha value is -0.740. The third-order valence-electron chi connectivity index (χ3n) is 5.34. The first-order valence-electron chi connectivity index (χ1n) is 6.85. The van der Waals surface area contributed by atoms with Gasteiger partial charge in [-0.1, -0.05) is 13.8 Å². The van der Waals surface area contributed by atoms with Gasteiger partial charge in [0.05, 0.1) is 13.2 Å². The topological polar surface area (TPSA) is 52.6 Å². The van der Waals surface area contributed by atoms with Crippen molar-refractivity contribution >= 4 is 11.6 Å². The largest absolute Gasteiger partial charge is 0.347 e. The van der Waals surface area contributed by atoms with Gasteiger partial charge in [0.1, 0.15) is 0 Å². The SMILES string of the molecule is C[C@H]1[C@@H]2CCC(=O)C(=O)C2(C)CCC12OCCO2. The minimum absolute atomic E-state index is 0.168. The maximum Gasteiger partial charge on any atom is 0.204 e. The lowest BCUT2D eigenvalue weighted by molar-refractivity contribution is -0.242. The molecule has 3 rings (SSSR count). The lowest BCUT2D eigenvalue weighted by atomic mass is 9.54. The molecule has 0 bridgehead atoms. The van der Waals surface area contributed by atoms with E-state index in [2.05, 4.69) is 6.92 Å². The number of rotatable bonds is 0. The summed E-state index contributed by atoms with van der Waals surface area (Å²) in [6.45, 7) is 5.34. The van der Waals surface area contributed by atoms with Crippen molar-refractivity contribution in [2.24, 2.45) is 17.3 Å². The van der Waals surface area contributed by atoms with Crippen molar-refractivity contribution in [2.45, 2.75) is 45.3 Å². The molecule has 1 unspecified atom stereocenters. The van der Waals surface area contributed by atoms with Crippen LogP contribution in [0.1, 0.15) is 39.5 Å². The van der Waals surface area contributed by atoms with E-state index in [1.54, 1.807) is 0 Å². The van der Waals surface area contributed by atoms with E-state index in [0.29, 0.717) is 26.1 Å². The molecule has 4 heteroatoms. The quantitative estimate of drug-likeness (QED) is 0.616. The zero-order valence-corrected chi connectivity index (χ0v) is 11.0. The Morgan fingerprint density at radius 2 is 1.83 bits per heavy atom. The molecule has 2 saturated carbocycles. The highest BCUT2D eigenvalue weighted by atomic mass is 16.7. The van der Waals surface area contributed by atoms with Crippen LogP contribution in [0.3, 0.4) is 0 Å². The molecule has 0 aromatic rings. The molecule has 18 heavy (non-hydrogen) atoms. The van der Waals surface area contributed by atoms with Gasteiger partial charge in [-0.2, -0.15) is 0 Å². The highest BCUT2D eigenvalue weighted by Crippen LogP contribution is 2.55. The fourth-order valence-electron chi connectivity index (χ4n) is 4.15. The van der Waals surface area contributed by atoms with Gasteiger partial charge in [0.25, 0.3) is 0 Å². The Balaban J connectivity index is 1.92. The monoisotopic (exact) mass is 252 g/mol. The van der Waals surface area contributed by atoms with Crippen LogP contribution in [0.15, 0.2) is 0 Å². The zero-order chi connectivity index (χ0) is 13.0. The Bertz CT molecular complexity index is 397. The van der Waals surface area contributed by atoms with Gasteiger partial charge in [-0.15, -0.1) is 0 Å². The summed E-state index contributed by atoms with van der Waals surface area (Å²) in [7, 11) is 0. The molecular formula is C14H20O4. The average Bonchev–Trinajstić information content (AvgIpc) is 2.82. The number of hydrogen-bond acceptors (Lipinski definition) is 4. The number of fused-ring (bicyclic) bond motifs is 1. The van der Waals surface area contributed by atoms with Crippen LogP contribution in [-0.2, 0) is 19.1 Å². The molecule has 2 aliphatic carbocycles. The van der Waals surface area contributed by atoms with E-state index in [4.69, 9.17) is 9.47 Å². The van der Waals surface area contributed by atoms with E-state index in [1.165, 1.54) is 0 Å². The predicted molar refractivity (Wildman–Crippen MR) is 63.9 cm³/mol. The summed E-state index contributed by atoms with van der Waals surface area (Å²) in [6.07, 6.45) is 2.60. The van der Waals surface area contributed by atoms with Crippen LogP contribution >= 0.6 is 0 Å². The third kappa shape index (κ3) is 1.45. The van der Waals surface area contributed by atoms with Gasteiger partial charge in [0.2, 0.25) is 5.78 Å². The highest BCUT2D eigenvalue weighted by Gasteiger charge is 2.59. The number of Topliss-reactive ketones (excluding diaryl/α,β-unsaturated/α-hetero) is 2. The van der Waals surface area contributed by atoms with E-state index in [-0.39, 0.29) is 23.4 Å². The summed E-state index contributed by atoms with van der Waals surface area (Å²) < 4.78 is 11.7. The molecule has 1 spiro atoms. The lowest BCUT2D eigenvalue weighted by Gasteiger charge is -2.52. The number of hydrogen-bond donors (Lipinski definition) is 0. The molecule has 3 fully saturated rings. The maximum absolute atomic E-state index is 12.2. The smallest absolute Gasteiger partial charge is 0.204 e. The second-order valence-corrected chi connectivity index (χ2v) is 6.11. The standard InChI is InChI=1S/C14H20O4/c1-9-10-3-4-11(15)12(16)13(10,2)5-6-14(9)17-7-8-18-14/h9-10H,3-8H2,1-2H3/t9-,10-,13?/m0/s1. The Morgan fingerprint density at radius 1 is 1.17 bits per heavy atom. The molecule has 0 aromatic carbocycles. The van der Waals surface area contributed by atoms with Crippen molar-refractivity contribution in [3.05, 3.63) is 0 Å². The normalized spacial score (nSPS) is 43.2. The number of ketones is 2. The Labute approximate surface area is 107 Å². The first kappa shape index (κ1) is 12.3. The summed E-state index contributed by atoms with van der Waals surface area (Å²) in [5.74, 6) is -0.473. The zero-order valence-electron chi connectivity index (χ0n) is 11.0. The molecule has 4 nitrogen and oxygen atoms in total. The molecule has 0 amide bonds. The number of carbonyl (C=O) groups excluding carboxylic acids is 2. The second kappa shape index (κ2) is 3.87. The van der Waals surface area contributed by atoms with Crippen molar-refractivity contribution in [2.75, 3.05) is 13.2 Å². The third-order valence-corrected chi connectivity index (χ3v) is 5.34. The molecule has 0 aromatic heterocycles. The molecule has 0 N–H and O–H groups in total. The van der Waals surface area contributed by atoms with Crippen molar-refractivity contribution in [1.82, 2.24) is 0 Å². The fraction of sp³-hybridized carbons (Fsp3) is 0.857.